The van der Waals surface area contributed by atoms with Gasteiger partial charge in [-0.25, -0.2) is 0 Å². The first-order chi connectivity index (χ1) is 15.4. The molecule has 33 heavy (non-hydrogen) atoms. The Morgan fingerprint density at radius 3 is 2.67 bits per heavy atom. The zero-order valence-electron chi connectivity index (χ0n) is 18.3. The molecule has 1 atom stereocenters. The topological polar surface area (TPSA) is 61.8 Å². The Labute approximate surface area is 201 Å². The van der Waals surface area contributed by atoms with Crippen LogP contribution in [0.5, 0.6) is 5.75 Å². The van der Waals surface area contributed by atoms with Crippen LogP contribution in [-0.2, 0) is 0 Å². The van der Waals surface area contributed by atoms with Crippen molar-refractivity contribution < 1.29 is 14.6 Å². The van der Waals surface area contributed by atoms with Gasteiger partial charge in [-0.3, -0.25) is 4.79 Å². The Bertz CT molecular complexity index is 1130. The maximum absolute atomic E-state index is 13.4. The molecular formula is C27H31ClN2O3. The maximum atomic E-state index is 13.4. The van der Waals surface area contributed by atoms with Crippen LogP contribution in [0.3, 0.4) is 0 Å². The van der Waals surface area contributed by atoms with E-state index in [-0.39, 0.29) is 13.3 Å². The van der Waals surface area contributed by atoms with Crippen molar-refractivity contribution >= 4 is 28.9 Å². The second-order valence-electron chi connectivity index (χ2n) is 8.08. The number of aliphatic hydroxyl groups is 1. The number of rotatable bonds is 5. The smallest absolute Gasteiger partial charge is 0.258 e. The van der Waals surface area contributed by atoms with E-state index in [9.17, 15) is 9.90 Å². The van der Waals surface area contributed by atoms with Gasteiger partial charge >= 0.3 is 0 Å². The lowest BCUT2D eigenvalue weighted by Gasteiger charge is -2.24. The number of amides is 1. The molecule has 0 bridgehead atoms. The molecule has 0 saturated carbocycles. The number of halogens is 1. The van der Waals surface area contributed by atoms with Gasteiger partial charge in [-0.05, 0) is 80.3 Å². The molecule has 2 N–H and O–H groups in total. The Morgan fingerprint density at radius 2 is 1.91 bits per heavy atom. The minimum atomic E-state index is -0.623. The lowest BCUT2D eigenvalue weighted by atomic mass is 10.0. The van der Waals surface area contributed by atoms with Gasteiger partial charge in [0.15, 0.2) is 6.73 Å². The van der Waals surface area contributed by atoms with E-state index in [1.54, 1.807) is 17.0 Å². The fraction of sp³-hybridized carbons (Fsp3) is 0.296. The molecule has 0 spiro atoms. The molecular weight excluding hydrogens is 436 g/mol. The lowest BCUT2D eigenvalue weighted by Crippen LogP contribution is -2.32. The van der Waals surface area contributed by atoms with E-state index in [0.29, 0.717) is 42.3 Å². The molecule has 4 rings (SSSR count). The second-order valence-corrected chi connectivity index (χ2v) is 8.52. The zero-order chi connectivity index (χ0) is 22.7. The molecule has 6 heteroatoms. The van der Waals surface area contributed by atoms with Crippen molar-refractivity contribution in [2.45, 2.75) is 40.2 Å². The molecule has 3 aromatic carbocycles. The Balaban J connectivity index is 0.00000306. The number of benzene rings is 3. The van der Waals surface area contributed by atoms with Crippen LogP contribution in [0.2, 0.25) is 5.02 Å². The van der Waals surface area contributed by atoms with Crippen LogP contribution >= 0.6 is 11.6 Å². The molecule has 0 saturated heterocycles. The molecule has 1 heterocycles. The number of aliphatic hydroxyl groups excluding tert-OH is 1. The summed E-state index contributed by atoms with van der Waals surface area (Å²) in [6, 6.07) is 18.9. The van der Waals surface area contributed by atoms with Crippen LogP contribution in [0.1, 0.15) is 53.4 Å². The van der Waals surface area contributed by atoms with Gasteiger partial charge < -0.3 is 20.1 Å². The van der Waals surface area contributed by atoms with Crippen molar-refractivity contribution in [3.05, 3.63) is 87.9 Å². The van der Waals surface area contributed by atoms with Crippen molar-refractivity contribution in [1.82, 2.24) is 0 Å². The largest absolute Gasteiger partial charge is 0.473 e. The molecule has 0 fully saturated rings. The van der Waals surface area contributed by atoms with E-state index in [4.69, 9.17) is 16.3 Å². The number of hydrogen-bond acceptors (Lipinski definition) is 4. The van der Waals surface area contributed by atoms with Gasteiger partial charge in [0.25, 0.3) is 5.91 Å². The molecule has 3 aromatic rings. The third-order valence-corrected chi connectivity index (χ3v) is 6.03. The number of para-hydroxylation sites is 1. The SMILES string of the molecule is C.Cc1ccccc1OCNc1ccc(C(=O)N2CCCC(O)c3cc(Cl)ccc32)c(C)c1. The Kier molecular flexibility index (Phi) is 8.01. The zero-order valence-corrected chi connectivity index (χ0v) is 19.0. The first-order valence-corrected chi connectivity index (χ1v) is 11.1. The van der Waals surface area contributed by atoms with E-state index in [1.165, 1.54) is 0 Å². The van der Waals surface area contributed by atoms with E-state index in [2.05, 4.69) is 5.32 Å². The summed E-state index contributed by atoms with van der Waals surface area (Å²) in [5.41, 5.74) is 4.89. The van der Waals surface area contributed by atoms with Crippen molar-refractivity contribution in [3.8, 4) is 5.75 Å². The summed E-state index contributed by atoms with van der Waals surface area (Å²) in [5, 5.41) is 14.3. The summed E-state index contributed by atoms with van der Waals surface area (Å²) >= 11 is 6.14. The monoisotopic (exact) mass is 466 g/mol. The number of carbonyl (C=O) groups is 1. The summed E-state index contributed by atoms with van der Waals surface area (Å²) in [5.74, 6) is 0.758. The first kappa shape index (κ1) is 24.6. The number of carbonyl (C=O) groups excluding carboxylic acids is 1. The Morgan fingerprint density at radius 1 is 1.12 bits per heavy atom. The summed E-state index contributed by atoms with van der Waals surface area (Å²) in [6.45, 7) is 4.81. The van der Waals surface area contributed by atoms with Crippen LogP contribution in [0.4, 0.5) is 11.4 Å². The number of anilines is 2. The summed E-state index contributed by atoms with van der Waals surface area (Å²) in [6.07, 6.45) is 0.691. The van der Waals surface area contributed by atoms with Crippen LogP contribution < -0.4 is 15.0 Å². The number of hydrogen-bond donors (Lipinski definition) is 2. The predicted octanol–water partition coefficient (Wildman–Crippen LogP) is 6.52. The molecule has 1 aliphatic rings. The van der Waals surface area contributed by atoms with Gasteiger partial charge in [-0.2, -0.15) is 0 Å². The van der Waals surface area contributed by atoms with E-state index in [0.717, 1.165) is 28.3 Å². The van der Waals surface area contributed by atoms with Crippen molar-refractivity contribution in [2.75, 3.05) is 23.5 Å². The van der Waals surface area contributed by atoms with Gasteiger partial charge in [0.05, 0.1) is 6.10 Å². The normalized spacial score (nSPS) is 15.2. The van der Waals surface area contributed by atoms with Gasteiger partial charge in [0.1, 0.15) is 5.75 Å². The number of fused-ring (bicyclic) bond motifs is 1. The molecule has 1 aliphatic heterocycles. The molecule has 1 unspecified atom stereocenters. The molecule has 174 valence electrons. The highest BCUT2D eigenvalue weighted by Crippen LogP contribution is 2.36. The third-order valence-electron chi connectivity index (χ3n) is 5.80. The summed E-state index contributed by atoms with van der Waals surface area (Å²) < 4.78 is 5.81. The molecule has 0 aromatic heterocycles. The van der Waals surface area contributed by atoms with Crippen molar-refractivity contribution in [2.24, 2.45) is 0 Å². The highest BCUT2D eigenvalue weighted by atomic mass is 35.5. The van der Waals surface area contributed by atoms with Crippen LogP contribution in [0, 0.1) is 13.8 Å². The number of ether oxygens (including phenoxy) is 1. The van der Waals surface area contributed by atoms with Crippen molar-refractivity contribution in [3.63, 3.8) is 0 Å². The fourth-order valence-electron chi connectivity index (χ4n) is 4.04. The molecule has 0 aliphatic carbocycles. The lowest BCUT2D eigenvalue weighted by molar-refractivity contribution is 0.0986. The summed E-state index contributed by atoms with van der Waals surface area (Å²) in [7, 11) is 0. The standard InChI is InChI=1S/C26H27ClN2O3.CH4/c1-17-6-3-4-8-25(17)32-16-28-20-10-11-21(18(2)14-20)26(31)29-13-5-7-24(30)22-15-19(27)9-12-23(22)29;/h3-4,6,8-12,14-15,24,28,30H,5,7,13,16H2,1-2H3;1H4. The highest BCUT2D eigenvalue weighted by Gasteiger charge is 2.27. The molecule has 1 amide bonds. The first-order valence-electron chi connectivity index (χ1n) is 10.8. The number of nitrogens with zero attached hydrogens (tertiary/aromatic N) is 1. The number of nitrogens with one attached hydrogen (secondary N) is 1. The van der Waals surface area contributed by atoms with Crippen LogP contribution in [0.25, 0.3) is 0 Å². The number of aryl methyl sites for hydroxylation is 2. The quantitative estimate of drug-likeness (QED) is 0.420. The second kappa shape index (κ2) is 10.7. The maximum Gasteiger partial charge on any atom is 0.258 e. The van der Waals surface area contributed by atoms with Gasteiger partial charge in [-0.1, -0.05) is 37.2 Å². The van der Waals surface area contributed by atoms with E-state index < -0.39 is 6.10 Å². The van der Waals surface area contributed by atoms with Crippen LogP contribution in [-0.4, -0.2) is 24.3 Å². The van der Waals surface area contributed by atoms with Gasteiger partial charge in [-0.15, -0.1) is 0 Å². The predicted molar refractivity (Wildman–Crippen MR) is 136 cm³/mol. The fourth-order valence-corrected chi connectivity index (χ4v) is 4.22. The highest BCUT2D eigenvalue weighted by molar-refractivity contribution is 6.30. The molecule has 0 radical (unpaired) electrons. The van der Waals surface area contributed by atoms with E-state index in [1.807, 2.05) is 62.4 Å². The average molecular weight is 467 g/mol. The van der Waals surface area contributed by atoms with Crippen molar-refractivity contribution in [1.29, 1.82) is 0 Å². The van der Waals surface area contributed by atoms with E-state index >= 15 is 0 Å². The Hall–Kier alpha value is -3.02. The third kappa shape index (κ3) is 5.49. The van der Waals surface area contributed by atoms with Crippen LogP contribution in [0.15, 0.2) is 60.7 Å². The van der Waals surface area contributed by atoms with Gasteiger partial charge in [0.2, 0.25) is 0 Å². The minimum absolute atomic E-state index is 0. The minimum Gasteiger partial charge on any atom is -0.473 e. The molecule has 5 nitrogen and oxygen atoms in total. The van der Waals surface area contributed by atoms with Gasteiger partial charge in [0, 0.05) is 34.1 Å². The average Bonchev–Trinajstić information content (AvgIpc) is 2.93. The summed E-state index contributed by atoms with van der Waals surface area (Å²) in [4.78, 5) is 15.2.